The first-order chi connectivity index (χ1) is 56.9. The summed E-state index contributed by atoms with van der Waals surface area (Å²) in [5.74, 6) is 109. The van der Waals surface area contributed by atoms with Gasteiger partial charge in [0, 0.05) is 271 Å². The number of rotatable bonds is 6. The Morgan fingerprint density at radius 1 is 0.347 bits per heavy atom. The number of imidazole rings is 2. The molecule has 2 N–H and O–H groups in total. The molecule has 12 nitrogen and oxygen atoms in total. The van der Waals surface area contributed by atoms with Crippen LogP contribution < -0.4 is 9.47 Å². The molecule has 0 aliphatic carbocycles. The number of hydrogen-bond donors (Lipinski definition) is 2. The molecular formula is C104H46N6O6Pd2. The Morgan fingerprint density at radius 3 is 1.14 bits per heavy atom. The summed E-state index contributed by atoms with van der Waals surface area (Å²) in [6.07, 6.45) is 21.1. The van der Waals surface area contributed by atoms with Gasteiger partial charge in [-0.2, -0.15) is 0 Å². The van der Waals surface area contributed by atoms with E-state index in [1.807, 2.05) is 111 Å². The molecule has 12 aromatic rings. The molecule has 0 unspecified atom stereocenters. The molecule has 118 heavy (non-hydrogen) atoms. The largest absolute Gasteiger partial charge is 2.00 e. The van der Waals surface area contributed by atoms with Crippen LogP contribution in [0.2, 0.25) is 0 Å². The molecule has 14 heteroatoms. The van der Waals surface area contributed by atoms with E-state index in [0.29, 0.717) is 11.5 Å². The van der Waals surface area contributed by atoms with Gasteiger partial charge in [-0.3, -0.25) is 24.0 Å². The molecule has 6 aromatic heterocycles. The number of aromatic nitrogens is 6. The smallest absolute Gasteiger partial charge is 0.497 e. The summed E-state index contributed by atoms with van der Waals surface area (Å²) >= 11 is 0. The molecule has 0 spiro atoms. The second-order valence-electron chi connectivity index (χ2n) is 21.8. The summed E-state index contributed by atoms with van der Waals surface area (Å²) in [5.41, 5.74) is 10.0. The molecule has 0 fully saturated rings. The van der Waals surface area contributed by atoms with Crippen molar-refractivity contribution in [1.29, 1.82) is 0 Å². The SMILES string of the molecule is C#CC#CC#CC#CC#CC#CC#CC#CC#CC#CC#CC#CC#CC#CC#CC#CC#CC#CC#CC#CC#CC#CC#C.CC(=O)O.CC(=O)O.Cc1cc(Oc2[c-]c3c(cc2)c2ccccc2n2ccnc32)[c-]c(-c2ccccn2)c1.Cc1cc(Oc2ccc3c4ccccc4n4ccnc4c3c2)cc(-c2ccccn2)c1.[Pd+2].[Pd]. The number of benzene rings is 6. The third kappa shape index (κ3) is 30.7. The molecule has 548 valence electrons. The molecule has 0 radical (unpaired) electrons. The second-order valence-corrected chi connectivity index (χ2v) is 21.8. The van der Waals surface area contributed by atoms with Crippen LogP contribution in [0.25, 0.3) is 77.2 Å². The van der Waals surface area contributed by atoms with Gasteiger partial charge in [0.1, 0.15) is 17.1 Å². The van der Waals surface area contributed by atoms with Crippen molar-refractivity contribution in [2.75, 3.05) is 0 Å². The van der Waals surface area contributed by atoms with Crippen LogP contribution in [0.5, 0.6) is 23.0 Å². The van der Waals surface area contributed by atoms with Crippen molar-refractivity contribution in [2.24, 2.45) is 0 Å². The Morgan fingerprint density at radius 2 is 0.720 bits per heavy atom. The normalized spacial score (nSPS) is 7.92. The average molecular weight is 1690 g/mol. The van der Waals surface area contributed by atoms with E-state index < -0.39 is 11.9 Å². The summed E-state index contributed by atoms with van der Waals surface area (Å²) in [6, 6.07) is 55.7. The third-order valence-corrected chi connectivity index (χ3v) is 13.7. The van der Waals surface area contributed by atoms with Crippen molar-refractivity contribution in [3.05, 3.63) is 206 Å². The van der Waals surface area contributed by atoms with Crippen molar-refractivity contribution in [3.8, 4) is 319 Å². The molecular weight excluding hydrogens is 1640 g/mol. The standard InChI is InChI=1S/C46H2.C27H19N3O.C27H17N3O.2C2H4O2.2Pd/c1-3-5-7-9-11-13-15-17-19-21-23-25-27-29-31-33-35-37-39-41-43-45-46-44-42-40-38-36-34-32-30-28-26-24-22-20-18-16-14-12-10-8-6-4-2;2*1-18-14-19(25-7-4-5-11-28-25)16-21(15-18)31-20-9-10-22-23-6-2-3-8-26(23)30-13-12-29-27(30)24(22)17-20;2*1-2(3)4;;/h1-2H;2-17H,1H3;2-15H,1H3;2*1H3,(H,3,4);;/q;;-2;;;;+2. The predicted octanol–water partition coefficient (Wildman–Crippen LogP) is 13.7. The number of carboxylic acids is 2. The van der Waals surface area contributed by atoms with Gasteiger partial charge in [0.25, 0.3) is 11.9 Å². The first-order valence-electron chi connectivity index (χ1n) is 33.5. The molecule has 0 aliphatic heterocycles. The Bertz CT molecular complexity index is 7070. The van der Waals surface area contributed by atoms with E-state index in [1.165, 1.54) is 10.8 Å². The van der Waals surface area contributed by atoms with E-state index in [9.17, 15) is 0 Å². The third-order valence-electron chi connectivity index (χ3n) is 13.7. The fraction of sp³-hybridized carbons (Fsp3) is 0.0385. The zero-order valence-corrected chi connectivity index (χ0v) is 65.4. The molecule has 0 atom stereocenters. The quantitative estimate of drug-likeness (QED) is 0.0712. The minimum Gasteiger partial charge on any atom is -0.497 e. The number of pyridine rings is 4. The molecule has 6 aromatic carbocycles. The van der Waals surface area contributed by atoms with Crippen LogP contribution in [-0.4, -0.2) is 50.9 Å². The van der Waals surface area contributed by atoms with Gasteiger partial charge in [-0.15, -0.1) is 36.1 Å². The Hall–Kier alpha value is -18.2. The Labute approximate surface area is 712 Å². The van der Waals surface area contributed by atoms with Gasteiger partial charge in [-0.25, -0.2) is 4.98 Å². The van der Waals surface area contributed by atoms with Crippen molar-refractivity contribution in [1.82, 2.24) is 28.7 Å². The van der Waals surface area contributed by atoms with Gasteiger partial charge < -0.3 is 29.1 Å². The summed E-state index contributed by atoms with van der Waals surface area (Å²) in [7, 11) is 0. The van der Waals surface area contributed by atoms with Gasteiger partial charge in [-0.05, 0) is 190 Å². The molecule has 6 heterocycles. The van der Waals surface area contributed by atoms with Crippen LogP contribution in [0.4, 0.5) is 0 Å². The summed E-state index contributed by atoms with van der Waals surface area (Å²) in [6.45, 7) is 6.28. The molecule has 0 saturated heterocycles. The van der Waals surface area contributed by atoms with Crippen molar-refractivity contribution in [2.45, 2.75) is 27.7 Å². The van der Waals surface area contributed by atoms with Crippen molar-refractivity contribution >= 4 is 66.6 Å². The average Bonchev–Trinajstić information content (AvgIpc) is 1.45. The van der Waals surface area contributed by atoms with E-state index >= 15 is 0 Å². The number of nitrogens with zero attached hydrogens (tertiary/aromatic N) is 6. The van der Waals surface area contributed by atoms with Crippen molar-refractivity contribution < 1.29 is 70.1 Å². The van der Waals surface area contributed by atoms with Crippen LogP contribution in [0.3, 0.4) is 0 Å². The molecule has 12 rings (SSSR count). The zero-order chi connectivity index (χ0) is 81.8. The van der Waals surface area contributed by atoms with Gasteiger partial charge in [-0.1, -0.05) is 96.6 Å². The number of aryl methyl sites for hydroxylation is 2. The number of hydrogen-bond acceptors (Lipinski definition) is 8. The molecule has 0 saturated carbocycles. The number of fused-ring (bicyclic) bond motifs is 12. The number of carboxylic acid groups (broad SMARTS) is 2. The van der Waals surface area contributed by atoms with Crippen LogP contribution in [-0.2, 0) is 50.4 Å². The first-order valence-corrected chi connectivity index (χ1v) is 33.5. The Balaban J connectivity index is 0.000000264. The van der Waals surface area contributed by atoms with Crippen LogP contribution in [0.15, 0.2) is 183 Å². The molecule has 0 amide bonds. The van der Waals surface area contributed by atoms with Crippen molar-refractivity contribution in [3.63, 3.8) is 0 Å². The maximum Gasteiger partial charge on any atom is 2.00 e. The number of aliphatic carboxylic acids is 2. The van der Waals surface area contributed by atoms with E-state index in [1.54, 1.807) is 6.20 Å². The van der Waals surface area contributed by atoms with Gasteiger partial charge in [0.2, 0.25) is 0 Å². The summed E-state index contributed by atoms with van der Waals surface area (Å²) in [5, 5.41) is 21.5. The number of terminal acetylenes is 2. The fourth-order valence-corrected chi connectivity index (χ4v) is 9.61. The summed E-state index contributed by atoms with van der Waals surface area (Å²) in [4.78, 5) is 36.1. The number of carbonyl (C=O) groups is 2. The first kappa shape index (κ1) is 88.7. The van der Waals surface area contributed by atoms with E-state index in [-0.39, 0.29) is 40.8 Å². The Kier molecular flexibility index (Phi) is 38.5. The van der Waals surface area contributed by atoms with E-state index in [0.717, 1.165) is 103 Å². The van der Waals surface area contributed by atoms with E-state index in [4.69, 9.17) is 42.1 Å². The molecule has 0 aliphatic rings. The zero-order valence-electron chi connectivity index (χ0n) is 62.3. The van der Waals surface area contributed by atoms with Crippen LogP contribution in [0.1, 0.15) is 25.0 Å². The molecule has 0 bridgehead atoms. The van der Waals surface area contributed by atoms with Crippen LogP contribution >= 0.6 is 0 Å². The summed E-state index contributed by atoms with van der Waals surface area (Å²) < 4.78 is 16.7. The number of para-hydroxylation sites is 2. The van der Waals surface area contributed by atoms with Gasteiger partial charge in [0.05, 0.1) is 16.9 Å². The number of ether oxygens (including phenoxy) is 2. The van der Waals surface area contributed by atoms with Gasteiger partial charge >= 0.3 is 20.4 Å². The maximum atomic E-state index is 9.00. The van der Waals surface area contributed by atoms with Gasteiger partial charge in [0.15, 0.2) is 0 Å². The van der Waals surface area contributed by atoms with Crippen LogP contribution in [0, 0.1) is 299 Å². The van der Waals surface area contributed by atoms with E-state index in [2.05, 4.69) is 381 Å². The fourth-order valence-electron chi connectivity index (χ4n) is 9.61. The topological polar surface area (TPSA) is 153 Å². The minimum absolute atomic E-state index is 0. The maximum absolute atomic E-state index is 9.00. The predicted molar refractivity (Wildman–Crippen MR) is 455 cm³/mol. The second kappa shape index (κ2) is 51.2. The minimum atomic E-state index is -0.833. The monoisotopic (exact) mass is 1690 g/mol.